The van der Waals surface area contributed by atoms with Crippen LogP contribution < -0.4 is 16.0 Å². The van der Waals surface area contributed by atoms with Crippen molar-refractivity contribution < 1.29 is 9.53 Å². The summed E-state index contributed by atoms with van der Waals surface area (Å²) in [5.41, 5.74) is 1.78. The second-order valence-corrected chi connectivity index (χ2v) is 5.88. The van der Waals surface area contributed by atoms with Gasteiger partial charge in [0, 0.05) is 45.0 Å². The second-order valence-electron chi connectivity index (χ2n) is 5.88. The fraction of sp³-hybridized carbons (Fsp3) is 0.579. The van der Waals surface area contributed by atoms with Gasteiger partial charge < -0.3 is 20.7 Å². The molecule has 0 saturated heterocycles. The molecule has 7 heteroatoms. The number of aliphatic imine (C=N–C) groups is 1. The van der Waals surface area contributed by atoms with Crippen molar-refractivity contribution in [2.45, 2.75) is 46.2 Å². The van der Waals surface area contributed by atoms with Gasteiger partial charge in [-0.05, 0) is 44.4 Å². The number of ether oxygens (including phenoxy) is 1. The van der Waals surface area contributed by atoms with Gasteiger partial charge in [0.25, 0.3) is 5.91 Å². The molecule has 0 aliphatic rings. The number of rotatable bonds is 10. The lowest BCUT2D eigenvalue weighted by atomic mass is 10.1. The highest BCUT2D eigenvalue weighted by Crippen LogP contribution is 2.05. The van der Waals surface area contributed by atoms with Crippen LogP contribution in [0.1, 0.15) is 49.5 Å². The molecule has 0 aliphatic carbocycles. The van der Waals surface area contributed by atoms with Crippen molar-refractivity contribution in [1.29, 1.82) is 0 Å². The van der Waals surface area contributed by atoms with Crippen molar-refractivity contribution in [3.8, 4) is 0 Å². The van der Waals surface area contributed by atoms with E-state index in [2.05, 4.69) is 27.9 Å². The third kappa shape index (κ3) is 9.96. The van der Waals surface area contributed by atoms with Gasteiger partial charge in [0.1, 0.15) is 0 Å². The largest absolute Gasteiger partial charge is 0.382 e. The molecule has 1 rings (SSSR count). The highest BCUT2D eigenvalue weighted by molar-refractivity contribution is 14.0. The monoisotopic (exact) mass is 476 g/mol. The lowest BCUT2D eigenvalue weighted by Crippen LogP contribution is -2.37. The highest BCUT2D eigenvalue weighted by Gasteiger charge is 2.08. The minimum Gasteiger partial charge on any atom is -0.382 e. The molecule has 0 radical (unpaired) electrons. The first-order valence-electron chi connectivity index (χ1n) is 9.02. The van der Waals surface area contributed by atoms with Crippen LogP contribution in [0.3, 0.4) is 0 Å². The Labute approximate surface area is 174 Å². The molecule has 1 atom stereocenters. The molecular weight excluding hydrogens is 443 g/mol. The van der Waals surface area contributed by atoms with Gasteiger partial charge in [-0.25, -0.2) is 0 Å². The van der Waals surface area contributed by atoms with Gasteiger partial charge in [0.15, 0.2) is 5.96 Å². The first-order valence-corrected chi connectivity index (χ1v) is 9.02. The minimum absolute atomic E-state index is 0. The van der Waals surface area contributed by atoms with Crippen LogP contribution in [0.5, 0.6) is 0 Å². The summed E-state index contributed by atoms with van der Waals surface area (Å²) >= 11 is 0. The Balaban J connectivity index is 0.00000625. The molecule has 0 spiro atoms. The summed E-state index contributed by atoms with van der Waals surface area (Å²) in [7, 11) is 1.75. The van der Waals surface area contributed by atoms with Gasteiger partial charge in [-0.1, -0.05) is 19.1 Å². The molecule has 6 nitrogen and oxygen atoms in total. The Morgan fingerprint density at radius 3 is 2.46 bits per heavy atom. The summed E-state index contributed by atoms with van der Waals surface area (Å²) in [6, 6.07) is 7.81. The zero-order valence-corrected chi connectivity index (χ0v) is 18.6. The third-order valence-corrected chi connectivity index (χ3v) is 3.85. The fourth-order valence-electron chi connectivity index (χ4n) is 2.11. The first kappa shape index (κ1) is 24.7. The predicted octanol–water partition coefficient (Wildman–Crippen LogP) is 2.92. The van der Waals surface area contributed by atoms with E-state index in [0.717, 1.165) is 44.1 Å². The molecule has 26 heavy (non-hydrogen) atoms. The molecule has 1 amide bonds. The van der Waals surface area contributed by atoms with Crippen molar-refractivity contribution in [1.82, 2.24) is 16.0 Å². The summed E-state index contributed by atoms with van der Waals surface area (Å²) in [6.45, 7) is 9.01. The van der Waals surface area contributed by atoms with Gasteiger partial charge in [-0.2, -0.15) is 0 Å². The number of nitrogens with one attached hydrogen (secondary N) is 3. The molecule has 148 valence electrons. The molecule has 1 unspecified atom stereocenters. The fourth-order valence-corrected chi connectivity index (χ4v) is 2.11. The maximum atomic E-state index is 12.1. The first-order chi connectivity index (χ1) is 12.1. The average Bonchev–Trinajstić information content (AvgIpc) is 2.64. The molecule has 0 heterocycles. The van der Waals surface area contributed by atoms with E-state index in [0.29, 0.717) is 12.1 Å². The molecule has 3 N–H and O–H groups in total. The normalized spacial score (nSPS) is 12.1. The molecular formula is C19H33IN4O2. The quantitative estimate of drug-likeness (QED) is 0.210. The van der Waals surface area contributed by atoms with E-state index in [1.165, 1.54) is 0 Å². The standard InChI is InChI=1S/C19H32N4O2.HI/c1-5-15(3)23-18(24)17-10-8-16(9-11-17)14-22-19(20-4)21-12-7-13-25-6-2;/h8-11,15H,5-7,12-14H2,1-4H3,(H,23,24)(H2,20,21,22);1H. The second kappa shape index (κ2) is 14.8. The van der Waals surface area contributed by atoms with Crippen LogP contribution >= 0.6 is 24.0 Å². The zero-order chi connectivity index (χ0) is 18.5. The molecule has 0 bridgehead atoms. The van der Waals surface area contributed by atoms with Crippen molar-refractivity contribution in [2.24, 2.45) is 4.99 Å². The summed E-state index contributed by atoms with van der Waals surface area (Å²) in [4.78, 5) is 16.3. The molecule has 0 aliphatic heterocycles. The Kier molecular flexibility index (Phi) is 14.0. The number of guanidine groups is 1. The van der Waals surface area contributed by atoms with E-state index in [9.17, 15) is 4.79 Å². The summed E-state index contributed by atoms with van der Waals surface area (Å²) in [5.74, 6) is 0.732. The zero-order valence-electron chi connectivity index (χ0n) is 16.3. The number of nitrogens with zero attached hydrogens (tertiary/aromatic N) is 1. The maximum Gasteiger partial charge on any atom is 0.251 e. The van der Waals surface area contributed by atoms with Crippen LogP contribution in [0.25, 0.3) is 0 Å². The topological polar surface area (TPSA) is 74.8 Å². The van der Waals surface area contributed by atoms with E-state index in [4.69, 9.17) is 4.74 Å². The maximum absolute atomic E-state index is 12.1. The number of hydrogen-bond donors (Lipinski definition) is 3. The van der Waals surface area contributed by atoms with Gasteiger partial charge in [0.2, 0.25) is 0 Å². The van der Waals surface area contributed by atoms with Crippen molar-refractivity contribution in [3.05, 3.63) is 35.4 Å². The molecule has 1 aromatic rings. The van der Waals surface area contributed by atoms with Crippen LogP contribution in [-0.4, -0.2) is 44.7 Å². The van der Waals surface area contributed by atoms with Crippen LogP contribution in [-0.2, 0) is 11.3 Å². The number of amides is 1. The van der Waals surface area contributed by atoms with Crippen LogP contribution in [0, 0.1) is 0 Å². The SMILES string of the molecule is CCOCCCNC(=NC)NCc1ccc(C(=O)NC(C)CC)cc1.I. The summed E-state index contributed by atoms with van der Waals surface area (Å²) in [5, 5.41) is 9.48. The molecule has 0 aromatic heterocycles. The van der Waals surface area contributed by atoms with E-state index >= 15 is 0 Å². The van der Waals surface area contributed by atoms with Gasteiger partial charge >= 0.3 is 0 Å². The van der Waals surface area contributed by atoms with Gasteiger partial charge in [0.05, 0.1) is 0 Å². The Morgan fingerprint density at radius 2 is 1.88 bits per heavy atom. The Morgan fingerprint density at radius 1 is 1.19 bits per heavy atom. The molecule has 1 aromatic carbocycles. The van der Waals surface area contributed by atoms with Gasteiger partial charge in [-0.15, -0.1) is 24.0 Å². The van der Waals surface area contributed by atoms with Crippen molar-refractivity contribution >= 4 is 35.8 Å². The number of benzene rings is 1. The number of halogens is 1. The Bertz CT molecular complexity index is 535. The molecule has 0 fully saturated rings. The smallest absolute Gasteiger partial charge is 0.251 e. The number of carbonyl (C=O) groups is 1. The lowest BCUT2D eigenvalue weighted by Gasteiger charge is -2.13. The van der Waals surface area contributed by atoms with E-state index in [1.54, 1.807) is 7.05 Å². The average molecular weight is 476 g/mol. The minimum atomic E-state index is -0.0272. The number of hydrogen-bond acceptors (Lipinski definition) is 3. The summed E-state index contributed by atoms with van der Waals surface area (Å²) in [6.07, 6.45) is 1.86. The van der Waals surface area contributed by atoms with E-state index in [-0.39, 0.29) is 35.9 Å². The Hall–Kier alpha value is -1.35. The van der Waals surface area contributed by atoms with Crippen molar-refractivity contribution in [3.63, 3.8) is 0 Å². The summed E-state index contributed by atoms with van der Waals surface area (Å²) < 4.78 is 5.31. The highest BCUT2D eigenvalue weighted by atomic mass is 127. The van der Waals surface area contributed by atoms with Crippen LogP contribution in [0.4, 0.5) is 0 Å². The third-order valence-electron chi connectivity index (χ3n) is 3.85. The predicted molar refractivity (Wildman–Crippen MR) is 118 cm³/mol. The van der Waals surface area contributed by atoms with Gasteiger partial charge in [-0.3, -0.25) is 9.79 Å². The van der Waals surface area contributed by atoms with E-state index in [1.807, 2.05) is 38.1 Å². The molecule has 0 saturated carbocycles. The van der Waals surface area contributed by atoms with Crippen LogP contribution in [0.2, 0.25) is 0 Å². The van der Waals surface area contributed by atoms with Crippen molar-refractivity contribution in [2.75, 3.05) is 26.8 Å². The van der Waals surface area contributed by atoms with Crippen LogP contribution in [0.15, 0.2) is 29.3 Å². The number of carbonyl (C=O) groups excluding carboxylic acids is 1. The lowest BCUT2D eigenvalue weighted by molar-refractivity contribution is 0.0939. The van der Waals surface area contributed by atoms with E-state index < -0.39 is 0 Å².